The second-order valence-corrected chi connectivity index (χ2v) is 1.28. The molecule has 1 heterocycles. The molecule has 50 valence electrons. The van der Waals surface area contributed by atoms with Crippen LogP contribution in [0.5, 0.6) is 0 Å². The third kappa shape index (κ3) is 2.14. The summed E-state index contributed by atoms with van der Waals surface area (Å²) in [5.41, 5.74) is 0. The molecule has 0 bridgehead atoms. The van der Waals surface area contributed by atoms with Crippen molar-refractivity contribution in [3.05, 3.63) is 30.1 Å². The smallest absolute Gasteiger partial charge is 0.215 e. The zero-order valence-corrected chi connectivity index (χ0v) is 4.44. The van der Waals surface area contributed by atoms with Crippen LogP contribution in [0.25, 0.3) is 0 Å². The molecule has 4 heteroatoms. The predicted molar refractivity (Wildman–Crippen MR) is 27.8 cm³/mol. The summed E-state index contributed by atoms with van der Waals surface area (Å²) in [5, 5.41) is 0. The average Bonchev–Trinajstić information content (AvgIpc) is 1.64. The van der Waals surface area contributed by atoms with E-state index in [9.17, 15) is 8.78 Å². The lowest BCUT2D eigenvalue weighted by molar-refractivity contribution is 0.513. The summed E-state index contributed by atoms with van der Waals surface area (Å²) in [7, 11) is 0. The molecular formula is C5H5F2NO. The standard InChI is InChI=1S/C5H3F2N.H2O/c6-4-2-1-3-5(7)8-4;/h1-3H;1H2. The van der Waals surface area contributed by atoms with E-state index in [0.717, 1.165) is 12.1 Å². The summed E-state index contributed by atoms with van der Waals surface area (Å²) in [5.74, 6) is -1.57. The van der Waals surface area contributed by atoms with Gasteiger partial charge in [0.15, 0.2) is 0 Å². The van der Waals surface area contributed by atoms with Gasteiger partial charge in [-0.3, -0.25) is 0 Å². The average molecular weight is 133 g/mol. The second-order valence-electron chi connectivity index (χ2n) is 1.28. The van der Waals surface area contributed by atoms with Gasteiger partial charge in [-0.25, -0.2) is 0 Å². The Hall–Kier alpha value is -1.03. The molecule has 9 heavy (non-hydrogen) atoms. The van der Waals surface area contributed by atoms with Crippen molar-refractivity contribution in [2.24, 2.45) is 0 Å². The van der Waals surface area contributed by atoms with Crippen LogP contribution in [0.2, 0.25) is 0 Å². The van der Waals surface area contributed by atoms with Crippen LogP contribution in [0.1, 0.15) is 0 Å². The number of halogens is 2. The summed E-state index contributed by atoms with van der Waals surface area (Å²) in [6, 6.07) is 3.43. The first kappa shape index (κ1) is 7.97. The Balaban J connectivity index is 0.000000640. The first-order valence-electron chi connectivity index (χ1n) is 2.07. The van der Waals surface area contributed by atoms with E-state index in [1.54, 1.807) is 0 Å². The molecule has 1 rings (SSSR count). The highest BCUT2D eigenvalue weighted by molar-refractivity contribution is 4.93. The van der Waals surface area contributed by atoms with Gasteiger partial charge in [0.1, 0.15) is 0 Å². The number of hydrogen-bond donors (Lipinski definition) is 0. The summed E-state index contributed by atoms with van der Waals surface area (Å²) in [6.07, 6.45) is 0. The quantitative estimate of drug-likeness (QED) is 0.476. The summed E-state index contributed by atoms with van der Waals surface area (Å²) in [6.45, 7) is 0. The van der Waals surface area contributed by atoms with Crippen molar-refractivity contribution in [2.45, 2.75) is 0 Å². The minimum Gasteiger partial charge on any atom is -0.412 e. The molecule has 0 radical (unpaired) electrons. The third-order valence-electron chi connectivity index (χ3n) is 0.681. The van der Waals surface area contributed by atoms with Gasteiger partial charge in [0.05, 0.1) is 0 Å². The van der Waals surface area contributed by atoms with Gasteiger partial charge in [-0.2, -0.15) is 13.8 Å². The van der Waals surface area contributed by atoms with Crippen LogP contribution in [0.3, 0.4) is 0 Å². The summed E-state index contributed by atoms with van der Waals surface area (Å²) in [4.78, 5) is 2.84. The van der Waals surface area contributed by atoms with Crippen LogP contribution in [0.15, 0.2) is 18.2 Å². The Bertz CT molecular complexity index is 175. The van der Waals surface area contributed by atoms with Crippen LogP contribution in [-0.4, -0.2) is 10.5 Å². The van der Waals surface area contributed by atoms with Crippen molar-refractivity contribution in [1.82, 2.24) is 4.98 Å². The van der Waals surface area contributed by atoms with Crippen LogP contribution >= 0.6 is 0 Å². The number of hydrogen-bond acceptors (Lipinski definition) is 1. The maximum absolute atomic E-state index is 11.8. The van der Waals surface area contributed by atoms with E-state index in [4.69, 9.17) is 0 Å². The predicted octanol–water partition coefficient (Wildman–Crippen LogP) is 0.535. The van der Waals surface area contributed by atoms with Gasteiger partial charge in [-0.15, -0.1) is 0 Å². The molecule has 0 aromatic carbocycles. The van der Waals surface area contributed by atoms with Crippen LogP contribution in [-0.2, 0) is 0 Å². The van der Waals surface area contributed by atoms with Crippen molar-refractivity contribution in [3.63, 3.8) is 0 Å². The molecule has 0 aliphatic heterocycles. The van der Waals surface area contributed by atoms with Crippen molar-refractivity contribution in [3.8, 4) is 0 Å². The van der Waals surface area contributed by atoms with E-state index in [1.807, 2.05) is 0 Å². The van der Waals surface area contributed by atoms with Crippen molar-refractivity contribution < 1.29 is 14.3 Å². The maximum atomic E-state index is 11.8. The van der Waals surface area contributed by atoms with Gasteiger partial charge in [-0.1, -0.05) is 6.07 Å². The highest BCUT2D eigenvalue weighted by atomic mass is 19.1. The number of aromatic nitrogens is 1. The Kier molecular flexibility index (Phi) is 2.73. The Labute approximate surface area is 50.5 Å². The van der Waals surface area contributed by atoms with Crippen molar-refractivity contribution in [1.29, 1.82) is 0 Å². The Morgan fingerprint density at radius 2 is 1.56 bits per heavy atom. The number of nitrogens with zero attached hydrogens (tertiary/aromatic N) is 1. The monoisotopic (exact) mass is 133 g/mol. The molecule has 0 unspecified atom stereocenters. The van der Waals surface area contributed by atoms with E-state index in [-0.39, 0.29) is 5.48 Å². The zero-order valence-electron chi connectivity index (χ0n) is 4.44. The molecule has 2 nitrogen and oxygen atoms in total. The van der Waals surface area contributed by atoms with Gasteiger partial charge in [0, 0.05) is 0 Å². The molecule has 0 spiro atoms. The molecule has 0 aliphatic carbocycles. The fourth-order valence-corrected chi connectivity index (χ4v) is 0.383. The third-order valence-corrected chi connectivity index (χ3v) is 0.681. The van der Waals surface area contributed by atoms with E-state index < -0.39 is 11.9 Å². The molecule has 0 atom stereocenters. The first-order valence-corrected chi connectivity index (χ1v) is 2.07. The summed E-state index contributed by atoms with van der Waals surface area (Å²) < 4.78 is 23.6. The number of pyridine rings is 1. The fraction of sp³-hybridized carbons (Fsp3) is 0. The molecule has 0 saturated carbocycles. The lowest BCUT2D eigenvalue weighted by Gasteiger charge is -1.83. The maximum Gasteiger partial charge on any atom is 0.215 e. The van der Waals surface area contributed by atoms with Gasteiger partial charge in [-0.05, 0) is 12.1 Å². The molecule has 1 aromatic heterocycles. The normalized spacial score (nSPS) is 8.22. The van der Waals surface area contributed by atoms with Crippen molar-refractivity contribution >= 4 is 0 Å². The van der Waals surface area contributed by atoms with Crippen LogP contribution < -0.4 is 0 Å². The Morgan fingerprint density at radius 1 is 1.11 bits per heavy atom. The topological polar surface area (TPSA) is 44.4 Å². The first-order chi connectivity index (χ1) is 3.79. The SMILES string of the molecule is Fc1cccc(F)n1.O. The molecule has 0 fully saturated rings. The number of rotatable bonds is 0. The van der Waals surface area contributed by atoms with Gasteiger partial charge < -0.3 is 5.48 Å². The fourth-order valence-electron chi connectivity index (χ4n) is 0.383. The van der Waals surface area contributed by atoms with Gasteiger partial charge in [0.2, 0.25) is 11.9 Å². The highest BCUT2D eigenvalue weighted by Gasteiger charge is 1.89. The summed E-state index contributed by atoms with van der Waals surface area (Å²) >= 11 is 0. The molecule has 0 aliphatic rings. The van der Waals surface area contributed by atoms with Crippen LogP contribution in [0.4, 0.5) is 8.78 Å². The van der Waals surface area contributed by atoms with E-state index in [1.165, 1.54) is 6.07 Å². The van der Waals surface area contributed by atoms with Crippen LogP contribution in [0, 0.1) is 11.9 Å². The molecular weight excluding hydrogens is 128 g/mol. The highest BCUT2D eigenvalue weighted by Crippen LogP contribution is 1.93. The lowest BCUT2D eigenvalue weighted by Crippen LogP contribution is -1.83. The van der Waals surface area contributed by atoms with E-state index in [2.05, 4.69) is 4.98 Å². The molecule has 0 amide bonds. The van der Waals surface area contributed by atoms with E-state index >= 15 is 0 Å². The minimum atomic E-state index is -0.787. The van der Waals surface area contributed by atoms with Crippen molar-refractivity contribution in [2.75, 3.05) is 0 Å². The largest absolute Gasteiger partial charge is 0.412 e. The Morgan fingerprint density at radius 3 is 1.78 bits per heavy atom. The van der Waals surface area contributed by atoms with E-state index in [0.29, 0.717) is 0 Å². The molecule has 2 N–H and O–H groups in total. The van der Waals surface area contributed by atoms with Gasteiger partial charge >= 0.3 is 0 Å². The zero-order chi connectivity index (χ0) is 5.98. The lowest BCUT2D eigenvalue weighted by atomic mass is 10.5. The van der Waals surface area contributed by atoms with Gasteiger partial charge in [0.25, 0.3) is 0 Å². The minimum absolute atomic E-state index is 0. The molecule has 1 aromatic rings. The second kappa shape index (κ2) is 3.09. The molecule has 0 saturated heterocycles.